The number of rotatable bonds is 3. The van der Waals surface area contributed by atoms with Crippen LogP contribution < -0.4 is 5.32 Å². The summed E-state index contributed by atoms with van der Waals surface area (Å²) in [7, 11) is 0. The van der Waals surface area contributed by atoms with Gasteiger partial charge >= 0.3 is 0 Å². The van der Waals surface area contributed by atoms with E-state index >= 15 is 0 Å². The van der Waals surface area contributed by atoms with Crippen molar-refractivity contribution < 1.29 is 4.79 Å². The van der Waals surface area contributed by atoms with Crippen LogP contribution in [0, 0.1) is 11.3 Å². The zero-order chi connectivity index (χ0) is 15.3. The van der Waals surface area contributed by atoms with Crippen molar-refractivity contribution in [3.05, 3.63) is 35.9 Å². The van der Waals surface area contributed by atoms with Gasteiger partial charge in [-0.3, -0.25) is 10.1 Å². The Morgan fingerprint density at radius 2 is 1.90 bits per heavy atom. The third kappa shape index (κ3) is 2.59. The molecule has 1 aliphatic carbocycles. The smallest absolute Gasteiger partial charge is 0.244 e. The second-order valence-corrected chi connectivity index (χ2v) is 7.76. The van der Waals surface area contributed by atoms with Crippen LogP contribution in [0.15, 0.2) is 30.3 Å². The van der Waals surface area contributed by atoms with E-state index in [2.05, 4.69) is 50.0 Å². The molecule has 3 nitrogen and oxygen atoms in total. The highest BCUT2D eigenvalue weighted by Crippen LogP contribution is 2.46. The molecule has 3 rings (SSSR count). The molecule has 1 saturated carbocycles. The Labute approximate surface area is 127 Å². The van der Waals surface area contributed by atoms with Crippen LogP contribution >= 0.6 is 0 Å². The molecule has 1 heterocycles. The van der Waals surface area contributed by atoms with E-state index in [9.17, 15) is 4.79 Å². The maximum absolute atomic E-state index is 12.8. The first kappa shape index (κ1) is 14.6. The molecule has 0 aromatic heterocycles. The highest BCUT2D eigenvalue weighted by atomic mass is 16.2. The molecular formula is C18H26N2O. The van der Waals surface area contributed by atoms with Gasteiger partial charge in [-0.1, -0.05) is 58.0 Å². The predicted octanol–water partition coefficient (Wildman–Crippen LogP) is 3.33. The van der Waals surface area contributed by atoms with Crippen LogP contribution in [0.1, 0.15) is 52.3 Å². The number of nitrogens with one attached hydrogen (secondary N) is 1. The lowest BCUT2D eigenvalue weighted by Crippen LogP contribution is -2.38. The van der Waals surface area contributed by atoms with Crippen LogP contribution in [0.2, 0.25) is 0 Å². The first-order chi connectivity index (χ1) is 9.83. The summed E-state index contributed by atoms with van der Waals surface area (Å²) < 4.78 is 0. The molecule has 1 saturated heterocycles. The Morgan fingerprint density at radius 3 is 2.43 bits per heavy atom. The van der Waals surface area contributed by atoms with Gasteiger partial charge in [0.05, 0.1) is 0 Å². The normalized spacial score (nSPS) is 25.4. The SMILES string of the molecule is CC(CN1C(=O)C2(CC2)NC1c1ccccc1)C(C)(C)C. The summed E-state index contributed by atoms with van der Waals surface area (Å²) >= 11 is 0. The summed E-state index contributed by atoms with van der Waals surface area (Å²) in [5.41, 5.74) is 1.15. The standard InChI is InChI=1S/C18H26N2O/c1-13(17(2,3)4)12-20-15(14-8-6-5-7-9-14)19-18(10-11-18)16(20)21/h5-9,13,15,19H,10-12H2,1-4H3. The van der Waals surface area contributed by atoms with Gasteiger partial charge in [-0.05, 0) is 29.7 Å². The summed E-state index contributed by atoms with van der Waals surface area (Å²) in [4.78, 5) is 14.9. The van der Waals surface area contributed by atoms with Gasteiger partial charge < -0.3 is 4.90 Å². The average molecular weight is 286 g/mol. The zero-order valence-corrected chi connectivity index (χ0v) is 13.5. The summed E-state index contributed by atoms with van der Waals surface area (Å²) in [6.45, 7) is 9.80. The van der Waals surface area contributed by atoms with E-state index in [0.29, 0.717) is 11.8 Å². The van der Waals surface area contributed by atoms with Crippen molar-refractivity contribution in [3.63, 3.8) is 0 Å². The number of carbonyl (C=O) groups excluding carboxylic acids is 1. The summed E-state index contributed by atoms with van der Waals surface area (Å²) in [5.74, 6) is 0.760. The number of benzene rings is 1. The van der Waals surface area contributed by atoms with E-state index < -0.39 is 0 Å². The van der Waals surface area contributed by atoms with Gasteiger partial charge in [0.2, 0.25) is 5.91 Å². The average Bonchev–Trinajstić information content (AvgIpc) is 3.17. The lowest BCUT2D eigenvalue weighted by atomic mass is 9.81. The molecule has 114 valence electrons. The highest BCUT2D eigenvalue weighted by Gasteiger charge is 2.59. The molecule has 0 bridgehead atoms. The van der Waals surface area contributed by atoms with Crippen molar-refractivity contribution in [2.75, 3.05) is 6.54 Å². The van der Waals surface area contributed by atoms with Crippen LogP contribution in [-0.4, -0.2) is 22.9 Å². The van der Waals surface area contributed by atoms with Crippen molar-refractivity contribution in [1.29, 1.82) is 0 Å². The molecule has 2 unspecified atom stereocenters. The van der Waals surface area contributed by atoms with Gasteiger partial charge in [0.25, 0.3) is 0 Å². The van der Waals surface area contributed by atoms with Gasteiger partial charge in [-0.15, -0.1) is 0 Å². The molecule has 21 heavy (non-hydrogen) atoms. The molecule has 1 N–H and O–H groups in total. The van der Waals surface area contributed by atoms with E-state index in [1.54, 1.807) is 0 Å². The third-order valence-electron chi connectivity index (χ3n) is 5.21. The Balaban J connectivity index is 1.86. The Bertz CT molecular complexity index is 528. The van der Waals surface area contributed by atoms with Crippen molar-refractivity contribution in [2.24, 2.45) is 11.3 Å². The zero-order valence-electron chi connectivity index (χ0n) is 13.5. The number of amides is 1. The number of hydrogen-bond donors (Lipinski definition) is 1. The lowest BCUT2D eigenvalue weighted by Gasteiger charge is -2.33. The van der Waals surface area contributed by atoms with Gasteiger partial charge in [0.1, 0.15) is 11.7 Å². The molecule has 2 atom stereocenters. The molecule has 1 aromatic rings. The van der Waals surface area contributed by atoms with E-state index in [0.717, 1.165) is 19.4 Å². The third-order valence-corrected chi connectivity index (χ3v) is 5.21. The number of carbonyl (C=O) groups is 1. The van der Waals surface area contributed by atoms with E-state index in [1.165, 1.54) is 5.56 Å². The fourth-order valence-electron chi connectivity index (χ4n) is 2.93. The minimum Gasteiger partial charge on any atom is -0.321 e. The summed E-state index contributed by atoms with van der Waals surface area (Å²) in [6.07, 6.45) is 2.00. The second kappa shape index (κ2) is 4.84. The Morgan fingerprint density at radius 1 is 1.29 bits per heavy atom. The van der Waals surface area contributed by atoms with Crippen molar-refractivity contribution >= 4 is 5.91 Å². The molecule has 0 radical (unpaired) electrons. The Hall–Kier alpha value is -1.35. The van der Waals surface area contributed by atoms with Gasteiger partial charge in [0.15, 0.2) is 0 Å². The van der Waals surface area contributed by atoms with Crippen LogP contribution in [-0.2, 0) is 4.79 Å². The van der Waals surface area contributed by atoms with Crippen LogP contribution in [0.4, 0.5) is 0 Å². The first-order valence-corrected chi connectivity index (χ1v) is 7.97. The van der Waals surface area contributed by atoms with Crippen molar-refractivity contribution in [2.45, 2.75) is 52.2 Å². The number of nitrogens with zero attached hydrogens (tertiary/aromatic N) is 1. The van der Waals surface area contributed by atoms with Gasteiger partial charge in [0, 0.05) is 6.54 Å². The van der Waals surface area contributed by atoms with E-state index in [-0.39, 0.29) is 17.1 Å². The molecule has 2 fully saturated rings. The fraction of sp³-hybridized carbons (Fsp3) is 0.611. The minimum absolute atomic E-state index is 0.0333. The molecule has 1 aliphatic heterocycles. The topological polar surface area (TPSA) is 32.3 Å². The van der Waals surface area contributed by atoms with Gasteiger partial charge in [-0.2, -0.15) is 0 Å². The maximum atomic E-state index is 12.8. The van der Waals surface area contributed by atoms with Crippen LogP contribution in [0.3, 0.4) is 0 Å². The predicted molar refractivity (Wildman–Crippen MR) is 84.6 cm³/mol. The summed E-state index contributed by atoms with van der Waals surface area (Å²) in [5, 5.41) is 3.59. The number of hydrogen-bond acceptors (Lipinski definition) is 2. The van der Waals surface area contributed by atoms with Gasteiger partial charge in [-0.25, -0.2) is 0 Å². The first-order valence-electron chi connectivity index (χ1n) is 7.97. The molecular weight excluding hydrogens is 260 g/mol. The largest absolute Gasteiger partial charge is 0.321 e. The van der Waals surface area contributed by atoms with Crippen LogP contribution in [0.5, 0.6) is 0 Å². The fourth-order valence-corrected chi connectivity index (χ4v) is 2.93. The van der Waals surface area contributed by atoms with Crippen LogP contribution in [0.25, 0.3) is 0 Å². The molecule has 1 aromatic carbocycles. The van der Waals surface area contributed by atoms with E-state index in [4.69, 9.17) is 0 Å². The molecule has 2 aliphatic rings. The quantitative estimate of drug-likeness (QED) is 0.924. The monoisotopic (exact) mass is 286 g/mol. The molecule has 1 amide bonds. The minimum atomic E-state index is -0.252. The maximum Gasteiger partial charge on any atom is 0.244 e. The Kier molecular flexibility index (Phi) is 3.36. The highest BCUT2D eigenvalue weighted by molar-refractivity contribution is 5.92. The lowest BCUT2D eigenvalue weighted by molar-refractivity contribution is -0.131. The molecule has 3 heteroatoms. The molecule has 1 spiro atoms. The second-order valence-electron chi connectivity index (χ2n) is 7.76. The summed E-state index contributed by atoms with van der Waals surface area (Å²) in [6, 6.07) is 10.3. The van der Waals surface area contributed by atoms with E-state index in [1.807, 2.05) is 18.2 Å². The van der Waals surface area contributed by atoms with Crippen molar-refractivity contribution in [3.8, 4) is 0 Å². The van der Waals surface area contributed by atoms with Crippen molar-refractivity contribution in [1.82, 2.24) is 10.2 Å².